The van der Waals surface area contributed by atoms with Gasteiger partial charge < -0.3 is 20.5 Å². The van der Waals surface area contributed by atoms with E-state index in [0.717, 1.165) is 38.0 Å². The molecule has 2 heterocycles. The summed E-state index contributed by atoms with van der Waals surface area (Å²) in [7, 11) is 1.77. The van der Waals surface area contributed by atoms with E-state index in [0.29, 0.717) is 18.7 Å². The van der Waals surface area contributed by atoms with Gasteiger partial charge in [-0.2, -0.15) is 0 Å². The smallest absolute Gasteiger partial charge is 0.255 e. The summed E-state index contributed by atoms with van der Waals surface area (Å²) in [6, 6.07) is 7.63. The van der Waals surface area contributed by atoms with E-state index in [1.807, 2.05) is 18.2 Å². The first kappa shape index (κ1) is 18.7. The number of β-amino-alcohol motifs (C(OH)–C–C–N with tert-alkyl or cyclic N) is 1. The zero-order valence-corrected chi connectivity index (χ0v) is 15.2. The van der Waals surface area contributed by atoms with E-state index in [2.05, 4.69) is 4.90 Å². The molecule has 2 saturated heterocycles. The molecule has 2 aliphatic heterocycles. The number of nitrogens with two attached hydrogens (primary N) is 1. The van der Waals surface area contributed by atoms with Crippen LogP contribution in [0.2, 0.25) is 0 Å². The predicted molar refractivity (Wildman–Crippen MR) is 96.3 cm³/mol. The van der Waals surface area contributed by atoms with Crippen molar-refractivity contribution in [2.75, 3.05) is 33.3 Å². The Labute approximate surface area is 153 Å². The lowest BCUT2D eigenvalue weighted by Crippen LogP contribution is -2.56. The normalized spacial score (nSPS) is 23.2. The van der Waals surface area contributed by atoms with Crippen LogP contribution >= 0.6 is 0 Å². The van der Waals surface area contributed by atoms with Gasteiger partial charge in [0, 0.05) is 20.1 Å². The molecule has 0 radical (unpaired) electrons. The number of likely N-dealkylation sites (N-methyl/N-ethyl adjacent to an activating group) is 1. The number of rotatable bonds is 5. The van der Waals surface area contributed by atoms with Gasteiger partial charge in [-0.25, -0.2) is 0 Å². The van der Waals surface area contributed by atoms with Gasteiger partial charge in [0.1, 0.15) is 5.75 Å². The molecule has 1 atom stereocenters. The molecular weight excluding hydrogens is 334 g/mol. The first-order valence-electron chi connectivity index (χ1n) is 9.04. The summed E-state index contributed by atoms with van der Waals surface area (Å²) in [5.41, 5.74) is 5.79. The monoisotopic (exact) mass is 361 g/mol. The van der Waals surface area contributed by atoms with Gasteiger partial charge in [-0.05, 0) is 50.0 Å². The largest absolute Gasteiger partial charge is 0.484 e. The summed E-state index contributed by atoms with van der Waals surface area (Å²) in [5, 5.41) is 10.1. The minimum absolute atomic E-state index is 0.131. The summed E-state index contributed by atoms with van der Waals surface area (Å²) < 4.78 is 5.35. The zero-order chi connectivity index (χ0) is 18.7. The Morgan fingerprint density at radius 1 is 1.38 bits per heavy atom. The van der Waals surface area contributed by atoms with Crippen LogP contribution in [0, 0.1) is 5.41 Å². The highest BCUT2D eigenvalue weighted by Crippen LogP contribution is 2.40. The highest BCUT2D eigenvalue weighted by molar-refractivity contribution is 5.83. The van der Waals surface area contributed by atoms with Crippen molar-refractivity contribution < 1.29 is 19.4 Å². The van der Waals surface area contributed by atoms with E-state index in [1.165, 1.54) is 0 Å². The molecule has 2 aliphatic rings. The van der Waals surface area contributed by atoms with Crippen LogP contribution in [-0.4, -0.2) is 66.1 Å². The second kappa shape index (κ2) is 7.63. The average Bonchev–Trinajstić information content (AvgIpc) is 2.60. The van der Waals surface area contributed by atoms with Crippen LogP contribution in [0.5, 0.6) is 5.75 Å². The van der Waals surface area contributed by atoms with Crippen LogP contribution < -0.4 is 10.5 Å². The van der Waals surface area contributed by atoms with Gasteiger partial charge in [0.2, 0.25) is 5.91 Å². The second-order valence-corrected chi connectivity index (χ2v) is 7.50. The molecule has 3 N–H and O–H groups in total. The Morgan fingerprint density at radius 2 is 2.12 bits per heavy atom. The predicted octanol–water partition coefficient (Wildman–Crippen LogP) is 0.356. The van der Waals surface area contributed by atoms with E-state index in [-0.39, 0.29) is 12.5 Å². The molecule has 3 rings (SSSR count). The van der Waals surface area contributed by atoms with Gasteiger partial charge in [-0.1, -0.05) is 12.1 Å². The highest BCUT2D eigenvalue weighted by atomic mass is 16.5. The third-order valence-electron chi connectivity index (χ3n) is 5.41. The maximum atomic E-state index is 12.6. The lowest BCUT2D eigenvalue weighted by atomic mass is 9.71. The fourth-order valence-corrected chi connectivity index (χ4v) is 4.11. The Kier molecular flexibility index (Phi) is 5.48. The summed E-state index contributed by atoms with van der Waals surface area (Å²) in [6.07, 6.45) is 1.68. The number of nitrogens with zero attached hydrogens (tertiary/aromatic N) is 2. The van der Waals surface area contributed by atoms with Crippen LogP contribution in [0.4, 0.5) is 0 Å². The van der Waals surface area contributed by atoms with Crippen LogP contribution in [-0.2, 0) is 16.1 Å². The number of primary amides is 1. The molecule has 7 heteroatoms. The topological polar surface area (TPSA) is 96.1 Å². The van der Waals surface area contributed by atoms with Crippen LogP contribution in [0.3, 0.4) is 0 Å². The maximum absolute atomic E-state index is 12.6. The number of benzene rings is 1. The van der Waals surface area contributed by atoms with Gasteiger partial charge in [0.05, 0.1) is 11.5 Å². The van der Waals surface area contributed by atoms with Crippen molar-refractivity contribution in [2.24, 2.45) is 11.1 Å². The quantitative estimate of drug-likeness (QED) is 0.789. The van der Waals surface area contributed by atoms with Crippen molar-refractivity contribution in [1.82, 2.24) is 9.80 Å². The Balaban J connectivity index is 1.58. The number of amides is 2. The van der Waals surface area contributed by atoms with E-state index in [1.54, 1.807) is 18.0 Å². The van der Waals surface area contributed by atoms with Crippen molar-refractivity contribution >= 4 is 11.8 Å². The van der Waals surface area contributed by atoms with E-state index >= 15 is 0 Å². The number of ether oxygens (including phenoxy) is 1. The van der Waals surface area contributed by atoms with Gasteiger partial charge >= 0.3 is 0 Å². The Morgan fingerprint density at radius 3 is 2.81 bits per heavy atom. The molecule has 0 bridgehead atoms. The van der Waals surface area contributed by atoms with Gasteiger partial charge in [0.15, 0.2) is 6.61 Å². The fourth-order valence-electron chi connectivity index (χ4n) is 4.11. The number of carbonyl (C=O) groups excluding carboxylic acids is 2. The number of piperidine rings is 2. The summed E-state index contributed by atoms with van der Waals surface area (Å²) in [6.45, 7) is 2.70. The fraction of sp³-hybridized carbons (Fsp3) is 0.579. The maximum Gasteiger partial charge on any atom is 0.255 e. The van der Waals surface area contributed by atoms with Crippen molar-refractivity contribution in [1.29, 1.82) is 0 Å². The number of likely N-dealkylation sites (tertiary alicyclic amines) is 2. The first-order valence-corrected chi connectivity index (χ1v) is 9.04. The molecule has 1 aromatic carbocycles. The minimum atomic E-state index is -0.499. The van der Waals surface area contributed by atoms with E-state index < -0.39 is 17.4 Å². The molecule has 1 spiro atoms. The number of hydrogen-bond donors (Lipinski definition) is 2. The summed E-state index contributed by atoms with van der Waals surface area (Å²) in [4.78, 5) is 27.4. The summed E-state index contributed by atoms with van der Waals surface area (Å²) in [5.74, 6) is 0.298. The molecule has 2 amide bonds. The van der Waals surface area contributed by atoms with Gasteiger partial charge in [0.25, 0.3) is 5.91 Å². The van der Waals surface area contributed by atoms with E-state index in [9.17, 15) is 14.7 Å². The van der Waals surface area contributed by atoms with Crippen molar-refractivity contribution in [3.05, 3.63) is 29.8 Å². The molecule has 0 saturated carbocycles. The van der Waals surface area contributed by atoms with Crippen LogP contribution in [0.25, 0.3) is 0 Å². The molecule has 7 nitrogen and oxygen atoms in total. The second-order valence-electron chi connectivity index (χ2n) is 7.50. The number of carbonyl (C=O) groups is 2. The lowest BCUT2D eigenvalue weighted by Gasteiger charge is -2.47. The highest BCUT2D eigenvalue weighted by Gasteiger charge is 2.47. The molecule has 1 unspecified atom stereocenters. The van der Waals surface area contributed by atoms with Crippen molar-refractivity contribution in [3.63, 3.8) is 0 Å². The van der Waals surface area contributed by atoms with Gasteiger partial charge in [-0.15, -0.1) is 0 Å². The van der Waals surface area contributed by atoms with Crippen LogP contribution in [0.15, 0.2) is 24.3 Å². The Hall–Kier alpha value is -2.12. The number of aliphatic hydroxyl groups excluding tert-OH is 1. The standard InChI is InChI=1S/C19H27N3O4/c1-21-12-15(23)10-19(18(21)25)5-7-22(8-6-19)11-14-3-2-4-16(9-14)26-13-17(20)24/h2-4,9,15,23H,5-8,10-13H2,1H3,(H2,20,24). The molecule has 26 heavy (non-hydrogen) atoms. The number of aliphatic hydroxyl groups is 1. The first-order chi connectivity index (χ1) is 12.4. The lowest BCUT2D eigenvalue weighted by molar-refractivity contribution is -0.154. The number of hydrogen-bond acceptors (Lipinski definition) is 5. The minimum Gasteiger partial charge on any atom is -0.484 e. The van der Waals surface area contributed by atoms with Crippen molar-refractivity contribution in [3.8, 4) is 5.75 Å². The SMILES string of the molecule is CN1CC(O)CC2(CCN(Cc3cccc(OCC(N)=O)c3)CC2)C1=O. The van der Waals surface area contributed by atoms with E-state index in [4.69, 9.17) is 10.5 Å². The third-order valence-corrected chi connectivity index (χ3v) is 5.41. The zero-order valence-electron chi connectivity index (χ0n) is 15.2. The molecule has 142 valence electrons. The summed E-state index contributed by atoms with van der Waals surface area (Å²) >= 11 is 0. The third kappa shape index (κ3) is 4.16. The van der Waals surface area contributed by atoms with Gasteiger partial charge in [-0.3, -0.25) is 14.5 Å². The molecule has 1 aromatic rings. The molecule has 0 aliphatic carbocycles. The molecule has 2 fully saturated rings. The Bertz CT molecular complexity index is 671. The molecule has 0 aromatic heterocycles. The van der Waals surface area contributed by atoms with Crippen molar-refractivity contribution in [2.45, 2.75) is 31.9 Å². The average molecular weight is 361 g/mol. The van der Waals surface area contributed by atoms with Crippen LogP contribution in [0.1, 0.15) is 24.8 Å². The molecular formula is C19H27N3O4.